The number of benzene rings is 2. The summed E-state index contributed by atoms with van der Waals surface area (Å²) in [5.74, 6) is 0.171. The van der Waals surface area contributed by atoms with Crippen LogP contribution in [-0.4, -0.2) is 12.5 Å². The van der Waals surface area contributed by atoms with E-state index in [1.54, 1.807) is 18.2 Å². The van der Waals surface area contributed by atoms with Gasteiger partial charge in [-0.05, 0) is 43.7 Å². The van der Waals surface area contributed by atoms with Gasteiger partial charge >= 0.3 is 0 Å². The monoisotopic (exact) mass is 348 g/mol. The fraction of sp³-hybridized carbons (Fsp3) is 0.188. The number of anilines is 2. The Balaban J connectivity index is 2.28. The van der Waals surface area contributed by atoms with Crippen LogP contribution in [0.1, 0.15) is 22.8 Å². The molecule has 0 heterocycles. The number of hydrogen-bond acceptors (Lipinski definition) is 3. The molecule has 0 radical (unpaired) electrons. The second-order valence-corrected chi connectivity index (χ2v) is 5.43. The summed E-state index contributed by atoms with van der Waals surface area (Å²) < 4.78 is 6.42. The van der Waals surface area contributed by atoms with Crippen molar-refractivity contribution in [1.29, 1.82) is 0 Å². The maximum Gasteiger partial charge on any atom is 0.259 e. The number of aryl methyl sites for hydroxylation is 1. The predicted octanol–water partition coefficient (Wildman–Crippen LogP) is 3.99. The normalized spacial score (nSPS) is 10.2. The highest BCUT2D eigenvalue weighted by Crippen LogP contribution is 2.28. The number of ether oxygens (including phenoxy) is 1. The summed E-state index contributed by atoms with van der Waals surface area (Å²) in [6, 6.07) is 10.8. The predicted molar refractivity (Wildman–Crippen MR) is 88.9 cm³/mol. The molecule has 0 aliphatic heterocycles. The Labute approximate surface area is 132 Å². The molecule has 0 aromatic heterocycles. The summed E-state index contributed by atoms with van der Waals surface area (Å²) in [5, 5.41) is 2.85. The van der Waals surface area contributed by atoms with Crippen LogP contribution >= 0.6 is 15.9 Å². The smallest absolute Gasteiger partial charge is 0.259 e. The van der Waals surface area contributed by atoms with Crippen LogP contribution in [0.2, 0.25) is 0 Å². The SMILES string of the molecule is CCOc1c(N)cccc1C(=O)Nc1ccc(C)c(Br)c1. The molecule has 0 fully saturated rings. The molecule has 2 rings (SSSR count). The van der Waals surface area contributed by atoms with Gasteiger partial charge in [0, 0.05) is 10.2 Å². The number of halogens is 1. The van der Waals surface area contributed by atoms with Crippen molar-refractivity contribution in [2.45, 2.75) is 13.8 Å². The summed E-state index contributed by atoms with van der Waals surface area (Å²) >= 11 is 3.45. The molecule has 0 saturated carbocycles. The van der Waals surface area contributed by atoms with Crippen LogP contribution in [0.5, 0.6) is 5.75 Å². The highest BCUT2D eigenvalue weighted by Gasteiger charge is 2.15. The minimum absolute atomic E-state index is 0.249. The maximum atomic E-state index is 12.4. The lowest BCUT2D eigenvalue weighted by molar-refractivity contribution is 0.102. The Morgan fingerprint density at radius 2 is 2.10 bits per heavy atom. The topological polar surface area (TPSA) is 64.3 Å². The Morgan fingerprint density at radius 1 is 1.33 bits per heavy atom. The van der Waals surface area contributed by atoms with Crippen molar-refractivity contribution in [2.75, 3.05) is 17.7 Å². The second kappa shape index (κ2) is 6.63. The molecule has 5 heteroatoms. The zero-order chi connectivity index (χ0) is 15.4. The van der Waals surface area contributed by atoms with Crippen LogP contribution in [0.25, 0.3) is 0 Å². The highest BCUT2D eigenvalue weighted by atomic mass is 79.9. The Morgan fingerprint density at radius 3 is 2.76 bits per heavy atom. The van der Waals surface area contributed by atoms with Crippen molar-refractivity contribution in [1.82, 2.24) is 0 Å². The van der Waals surface area contributed by atoms with E-state index in [9.17, 15) is 4.79 Å². The molecule has 4 nitrogen and oxygen atoms in total. The molecule has 0 atom stereocenters. The quantitative estimate of drug-likeness (QED) is 0.821. The summed E-state index contributed by atoms with van der Waals surface area (Å²) in [6.45, 7) is 4.29. The van der Waals surface area contributed by atoms with Gasteiger partial charge in [-0.15, -0.1) is 0 Å². The van der Waals surface area contributed by atoms with Gasteiger partial charge in [0.1, 0.15) is 0 Å². The number of para-hydroxylation sites is 1. The minimum atomic E-state index is -0.249. The first-order chi connectivity index (χ1) is 10.0. The Hall–Kier alpha value is -2.01. The van der Waals surface area contributed by atoms with E-state index in [-0.39, 0.29) is 5.91 Å². The van der Waals surface area contributed by atoms with Crippen LogP contribution in [0.3, 0.4) is 0 Å². The maximum absolute atomic E-state index is 12.4. The van der Waals surface area contributed by atoms with Gasteiger partial charge in [0.05, 0.1) is 17.9 Å². The molecular formula is C16H17BrN2O2. The number of rotatable bonds is 4. The van der Waals surface area contributed by atoms with E-state index in [1.807, 2.05) is 32.0 Å². The molecule has 0 bridgehead atoms. The number of nitrogens with two attached hydrogens (primary N) is 1. The number of nitrogen functional groups attached to an aromatic ring is 1. The summed E-state index contributed by atoms with van der Waals surface area (Å²) in [7, 11) is 0. The van der Waals surface area contributed by atoms with Gasteiger partial charge in [-0.25, -0.2) is 0 Å². The van der Waals surface area contributed by atoms with Crippen molar-refractivity contribution in [2.24, 2.45) is 0 Å². The fourth-order valence-electron chi connectivity index (χ4n) is 1.91. The van der Waals surface area contributed by atoms with E-state index >= 15 is 0 Å². The van der Waals surface area contributed by atoms with E-state index < -0.39 is 0 Å². The van der Waals surface area contributed by atoms with Gasteiger partial charge in [0.2, 0.25) is 0 Å². The molecule has 3 N–H and O–H groups in total. The molecule has 2 aromatic rings. The van der Waals surface area contributed by atoms with Crippen LogP contribution < -0.4 is 15.8 Å². The number of carbonyl (C=O) groups is 1. The largest absolute Gasteiger partial charge is 0.491 e. The van der Waals surface area contributed by atoms with E-state index in [2.05, 4.69) is 21.2 Å². The first-order valence-electron chi connectivity index (χ1n) is 6.61. The zero-order valence-corrected chi connectivity index (χ0v) is 13.5. The van der Waals surface area contributed by atoms with Crippen LogP contribution in [0.15, 0.2) is 40.9 Å². The van der Waals surface area contributed by atoms with E-state index in [0.29, 0.717) is 29.3 Å². The van der Waals surface area contributed by atoms with Gasteiger partial charge < -0.3 is 15.8 Å². The lowest BCUT2D eigenvalue weighted by atomic mass is 10.1. The van der Waals surface area contributed by atoms with Gasteiger partial charge in [-0.3, -0.25) is 4.79 Å². The van der Waals surface area contributed by atoms with Gasteiger partial charge in [-0.1, -0.05) is 28.1 Å². The van der Waals surface area contributed by atoms with E-state index in [4.69, 9.17) is 10.5 Å². The molecule has 0 spiro atoms. The summed E-state index contributed by atoms with van der Waals surface area (Å²) in [5.41, 5.74) is 8.56. The van der Waals surface area contributed by atoms with Crippen LogP contribution in [0, 0.1) is 6.92 Å². The third kappa shape index (κ3) is 3.55. The molecule has 0 unspecified atom stereocenters. The zero-order valence-electron chi connectivity index (χ0n) is 11.9. The first-order valence-corrected chi connectivity index (χ1v) is 7.41. The molecule has 0 saturated heterocycles. The Bertz CT molecular complexity index is 671. The summed E-state index contributed by atoms with van der Waals surface area (Å²) in [4.78, 5) is 12.4. The number of amides is 1. The van der Waals surface area contributed by atoms with Crippen molar-refractivity contribution < 1.29 is 9.53 Å². The highest BCUT2D eigenvalue weighted by molar-refractivity contribution is 9.10. The average molecular weight is 349 g/mol. The summed E-state index contributed by atoms with van der Waals surface area (Å²) in [6.07, 6.45) is 0. The molecule has 2 aromatic carbocycles. The molecule has 0 aliphatic rings. The first kappa shape index (κ1) is 15.4. The van der Waals surface area contributed by atoms with Crippen LogP contribution in [0.4, 0.5) is 11.4 Å². The number of carbonyl (C=O) groups excluding carboxylic acids is 1. The van der Waals surface area contributed by atoms with Crippen LogP contribution in [-0.2, 0) is 0 Å². The van der Waals surface area contributed by atoms with Crippen molar-refractivity contribution in [3.8, 4) is 5.75 Å². The average Bonchev–Trinajstić information content (AvgIpc) is 2.45. The molecule has 1 amide bonds. The van der Waals surface area contributed by atoms with Crippen molar-refractivity contribution in [3.63, 3.8) is 0 Å². The number of nitrogens with one attached hydrogen (secondary N) is 1. The molecular weight excluding hydrogens is 332 g/mol. The molecule has 110 valence electrons. The van der Waals surface area contributed by atoms with Crippen molar-refractivity contribution >= 4 is 33.2 Å². The van der Waals surface area contributed by atoms with Crippen molar-refractivity contribution in [3.05, 3.63) is 52.0 Å². The molecule has 0 aliphatic carbocycles. The lowest BCUT2D eigenvalue weighted by Crippen LogP contribution is -2.14. The third-order valence-electron chi connectivity index (χ3n) is 3.01. The Kier molecular flexibility index (Phi) is 4.85. The standard InChI is InChI=1S/C16H17BrN2O2/c1-3-21-15-12(5-4-6-14(15)18)16(20)19-11-8-7-10(2)13(17)9-11/h4-9H,3,18H2,1-2H3,(H,19,20). The van der Waals surface area contributed by atoms with Gasteiger partial charge in [0.15, 0.2) is 5.75 Å². The van der Waals surface area contributed by atoms with Gasteiger partial charge in [-0.2, -0.15) is 0 Å². The van der Waals surface area contributed by atoms with Gasteiger partial charge in [0.25, 0.3) is 5.91 Å². The minimum Gasteiger partial charge on any atom is -0.491 e. The fourth-order valence-corrected chi connectivity index (χ4v) is 2.29. The number of hydrogen-bond donors (Lipinski definition) is 2. The lowest BCUT2D eigenvalue weighted by Gasteiger charge is -2.13. The second-order valence-electron chi connectivity index (χ2n) is 4.58. The molecule has 21 heavy (non-hydrogen) atoms. The van der Waals surface area contributed by atoms with E-state index in [0.717, 1.165) is 10.0 Å². The van der Waals surface area contributed by atoms with E-state index in [1.165, 1.54) is 0 Å². The third-order valence-corrected chi connectivity index (χ3v) is 3.86.